The van der Waals surface area contributed by atoms with Crippen molar-refractivity contribution in [1.29, 1.82) is 0 Å². The summed E-state index contributed by atoms with van der Waals surface area (Å²) < 4.78 is 5.19. The van der Waals surface area contributed by atoms with Crippen molar-refractivity contribution in [3.63, 3.8) is 0 Å². The molecule has 1 aromatic carbocycles. The molecule has 0 atom stereocenters. The first kappa shape index (κ1) is 21.4. The minimum Gasteiger partial charge on any atom is -0.354 e. The monoisotopic (exact) mass is 386 g/mol. The maximum absolute atomic E-state index is 11.9. The lowest BCUT2D eigenvalue weighted by molar-refractivity contribution is -0.121. The summed E-state index contributed by atoms with van der Waals surface area (Å²) in [7, 11) is 0. The Labute approximate surface area is 158 Å². The molecule has 6 nitrogen and oxygen atoms in total. The zero-order valence-electron chi connectivity index (χ0n) is 14.4. The van der Waals surface area contributed by atoms with Crippen LogP contribution >= 0.6 is 24.0 Å². The average Bonchev–Trinajstić information content (AvgIpc) is 3.07. The summed E-state index contributed by atoms with van der Waals surface area (Å²) in [4.78, 5) is 16.2. The molecule has 25 heavy (non-hydrogen) atoms. The highest BCUT2D eigenvalue weighted by Crippen LogP contribution is 2.19. The van der Waals surface area contributed by atoms with Gasteiger partial charge in [0.15, 0.2) is 0 Å². The van der Waals surface area contributed by atoms with Gasteiger partial charge in [-0.2, -0.15) is 4.98 Å². The second kappa shape index (κ2) is 9.75. The zero-order chi connectivity index (χ0) is 17.6. The molecule has 1 amide bonds. The summed E-state index contributed by atoms with van der Waals surface area (Å²) in [5.41, 5.74) is 6.64. The number of hydrogen-bond acceptors (Lipinski definition) is 5. The van der Waals surface area contributed by atoms with E-state index in [0.29, 0.717) is 29.7 Å². The van der Waals surface area contributed by atoms with Gasteiger partial charge in [0.05, 0.1) is 0 Å². The second-order valence-corrected chi connectivity index (χ2v) is 6.30. The van der Waals surface area contributed by atoms with Crippen LogP contribution in [0.2, 0.25) is 5.02 Å². The number of hydrogen-bond donors (Lipinski definition) is 2. The smallest absolute Gasteiger partial charge is 0.227 e. The first-order valence-electron chi connectivity index (χ1n) is 8.10. The first-order valence-corrected chi connectivity index (χ1v) is 8.47. The topological polar surface area (TPSA) is 94.0 Å². The molecule has 2 rings (SSSR count). The van der Waals surface area contributed by atoms with Crippen LogP contribution in [0, 0.1) is 0 Å². The number of amides is 1. The van der Waals surface area contributed by atoms with Crippen LogP contribution in [0.3, 0.4) is 0 Å². The van der Waals surface area contributed by atoms with Gasteiger partial charge in [0.25, 0.3) is 0 Å². The summed E-state index contributed by atoms with van der Waals surface area (Å²) in [5, 5.41) is 7.44. The van der Waals surface area contributed by atoms with Crippen LogP contribution in [-0.4, -0.2) is 28.1 Å². The summed E-state index contributed by atoms with van der Waals surface area (Å²) in [6, 6.07) is 7.17. The molecule has 0 aliphatic carbocycles. The number of halogens is 2. The van der Waals surface area contributed by atoms with Crippen molar-refractivity contribution in [3.05, 3.63) is 35.2 Å². The largest absolute Gasteiger partial charge is 0.354 e. The van der Waals surface area contributed by atoms with Gasteiger partial charge in [-0.25, -0.2) is 0 Å². The van der Waals surface area contributed by atoms with Gasteiger partial charge in [-0.1, -0.05) is 30.6 Å². The molecule has 1 aromatic heterocycles. The highest BCUT2D eigenvalue weighted by Gasteiger charge is 2.21. The number of carbonyl (C=O) groups excluding carboxylic acids is 1. The molecule has 0 aliphatic rings. The highest BCUT2D eigenvalue weighted by atomic mass is 35.5. The average molecular weight is 387 g/mol. The van der Waals surface area contributed by atoms with Crippen molar-refractivity contribution in [1.82, 2.24) is 15.5 Å². The van der Waals surface area contributed by atoms with Gasteiger partial charge in [0.1, 0.15) is 0 Å². The van der Waals surface area contributed by atoms with E-state index in [2.05, 4.69) is 15.5 Å². The molecule has 0 unspecified atom stereocenters. The standard InChI is InChI=1S/C17H23ClN4O2.ClH/c1-3-17(19,4-2)11-20-14(23)9-10-15-21-16(22-24-15)12-5-7-13(18)8-6-12;/h5-8H,3-4,9-11,19H2,1-2H3,(H,20,23);1H. The normalized spacial score (nSPS) is 11.0. The molecule has 8 heteroatoms. The van der Waals surface area contributed by atoms with E-state index in [-0.39, 0.29) is 30.3 Å². The number of nitrogens with two attached hydrogens (primary N) is 1. The van der Waals surface area contributed by atoms with E-state index in [1.165, 1.54) is 0 Å². The van der Waals surface area contributed by atoms with Gasteiger partial charge in [0, 0.05) is 35.5 Å². The Hall–Kier alpha value is -1.63. The van der Waals surface area contributed by atoms with Gasteiger partial charge < -0.3 is 15.6 Å². The lowest BCUT2D eigenvalue weighted by Crippen LogP contribution is -2.49. The Morgan fingerprint density at radius 2 is 1.92 bits per heavy atom. The minimum atomic E-state index is -0.345. The molecule has 1 heterocycles. The van der Waals surface area contributed by atoms with Gasteiger partial charge in [0.2, 0.25) is 17.6 Å². The predicted molar refractivity (Wildman–Crippen MR) is 101 cm³/mol. The third-order valence-electron chi connectivity index (χ3n) is 4.18. The molecule has 0 fully saturated rings. The zero-order valence-corrected chi connectivity index (χ0v) is 16.0. The molecule has 0 saturated carbocycles. The highest BCUT2D eigenvalue weighted by molar-refractivity contribution is 6.30. The maximum atomic E-state index is 11.9. The molecule has 0 aliphatic heterocycles. The summed E-state index contributed by atoms with van der Waals surface area (Å²) >= 11 is 5.85. The predicted octanol–water partition coefficient (Wildman–Crippen LogP) is 3.38. The van der Waals surface area contributed by atoms with Crippen LogP contribution in [0.25, 0.3) is 11.4 Å². The number of aryl methyl sites for hydroxylation is 1. The minimum absolute atomic E-state index is 0. The summed E-state index contributed by atoms with van der Waals surface area (Å²) in [6.07, 6.45) is 2.31. The van der Waals surface area contributed by atoms with Crippen LogP contribution in [-0.2, 0) is 11.2 Å². The van der Waals surface area contributed by atoms with E-state index in [4.69, 9.17) is 21.9 Å². The molecule has 2 aromatic rings. The van der Waals surface area contributed by atoms with E-state index in [9.17, 15) is 4.79 Å². The Kier molecular flexibility index (Phi) is 8.35. The SMILES string of the molecule is CCC(N)(CC)CNC(=O)CCc1nc(-c2ccc(Cl)cc2)no1.Cl. The molecule has 0 spiro atoms. The molecule has 3 N–H and O–H groups in total. The lowest BCUT2D eigenvalue weighted by Gasteiger charge is -2.26. The Balaban J connectivity index is 0.00000312. The fourth-order valence-electron chi connectivity index (χ4n) is 2.16. The number of rotatable bonds is 8. The van der Waals surface area contributed by atoms with Crippen LogP contribution in [0.1, 0.15) is 39.0 Å². The second-order valence-electron chi connectivity index (χ2n) is 5.86. The van der Waals surface area contributed by atoms with Crippen LogP contribution < -0.4 is 11.1 Å². The first-order chi connectivity index (χ1) is 11.5. The molecule has 138 valence electrons. The molecule has 0 saturated heterocycles. The third kappa shape index (κ3) is 6.30. The van der Waals surface area contributed by atoms with Gasteiger partial charge in [-0.15, -0.1) is 12.4 Å². The Morgan fingerprint density at radius 1 is 1.28 bits per heavy atom. The van der Waals surface area contributed by atoms with Crippen molar-refractivity contribution in [2.75, 3.05) is 6.54 Å². The fourth-order valence-corrected chi connectivity index (χ4v) is 2.28. The number of carbonyl (C=O) groups is 1. The van der Waals surface area contributed by atoms with Crippen molar-refractivity contribution in [2.45, 2.75) is 45.1 Å². The third-order valence-corrected chi connectivity index (χ3v) is 4.43. The van der Waals surface area contributed by atoms with Gasteiger partial charge in [-0.05, 0) is 37.1 Å². The van der Waals surface area contributed by atoms with Crippen molar-refractivity contribution < 1.29 is 9.32 Å². The van der Waals surface area contributed by atoms with Gasteiger partial charge >= 0.3 is 0 Å². The fraction of sp³-hybridized carbons (Fsp3) is 0.471. The number of benzene rings is 1. The van der Waals surface area contributed by atoms with E-state index in [1.54, 1.807) is 12.1 Å². The number of aromatic nitrogens is 2. The van der Waals surface area contributed by atoms with Crippen LogP contribution in [0.15, 0.2) is 28.8 Å². The van der Waals surface area contributed by atoms with Gasteiger partial charge in [-0.3, -0.25) is 4.79 Å². The van der Waals surface area contributed by atoms with Crippen molar-refractivity contribution in [2.24, 2.45) is 5.73 Å². The van der Waals surface area contributed by atoms with Crippen LogP contribution in [0.5, 0.6) is 0 Å². The number of nitrogens with one attached hydrogen (secondary N) is 1. The van der Waals surface area contributed by atoms with Crippen molar-refractivity contribution in [3.8, 4) is 11.4 Å². The molecule has 0 radical (unpaired) electrons. The van der Waals surface area contributed by atoms with Crippen molar-refractivity contribution >= 4 is 29.9 Å². The Morgan fingerprint density at radius 3 is 2.52 bits per heavy atom. The maximum Gasteiger partial charge on any atom is 0.227 e. The van der Waals surface area contributed by atoms with Crippen LogP contribution in [0.4, 0.5) is 0 Å². The number of nitrogens with zero attached hydrogens (tertiary/aromatic N) is 2. The molecular weight excluding hydrogens is 363 g/mol. The van der Waals surface area contributed by atoms with E-state index in [1.807, 2.05) is 26.0 Å². The quantitative estimate of drug-likeness (QED) is 0.724. The van der Waals surface area contributed by atoms with E-state index in [0.717, 1.165) is 18.4 Å². The van der Waals surface area contributed by atoms with E-state index >= 15 is 0 Å². The Bertz CT molecular complexity index is 670. The summed E-state index contributed by atoms with van der Waals surface area (Å²) in [5.74, 6) is 0.845. The van der Waals surface area contributed by atoms with E-state index < -0.39 is 0 Å². The molecular formula is C17H24Cl2N4O2. The molecule has 0 bridgehead atoms. The summed E-state index contributed by atoms with van der Waals surface area (Å²) in [6.45, 7) is 4.51. The lowest BCUT2D eigenvalue weighted by atomic mass is 9.94.